The predicted molar refractivity (Wildman–Crippen MR) is 57.8 cm³/mol. The Morgan fingerprint density at radius 1 is 1.50 bits per heavy atom. The van der Waals surface area contributed by atoms with E-state index in [4.69, 9.17) is 5.11 Å². The second-order valence-corrected chi connectivity index (χ2v) is 3.27. The molecule has 0 fully saturated rings. The van der Waals surface area contributed by atoms with Crippen LogP contribution in [0.3, 0.4) is 0 Å². The molecule has 5 nitrogen and oxygen atoms in total. The third kappa shape index (κ3) is 3.22. The Kier molecular flexibility index (Phi) is 4.75. The van der Waals surface area contributed by atoms with Crippen molar-refractivity contribution in [2.24, 2.45) is 0 Å². The second kappa shape index (κ2) is 6.09. The van der Waals surface area contributed by atoms with Gasteiger partial charge in [-0.2, -0.15) is 0 Å². The van der Waals surface area contributed by atoms with Crippen LogP contribution in [-0.2, 0) is 16.1 Å². The van der Waals surface area contributed by atoms with Gasteiger partial charge in [0.1, 0.15) is 11.8 Å². The Hall–Kier alpha value is -1.59. The lowest BCUT2D eigenvalue weighted by atomic mass is 10.2. The van der Waals surface area contributed by atoms with Crippen molar-refractivity contribution in [3.8, 4) is 5.75 Å². The molecule has 16 heavy (non-hydrogen) atoms. The van der Waals surface area contributed by atoms with Crippen LogP contribution >= 0.6 is 0 Å². The Morgan fingerprint density at radius 3 is 2.75 bits per heavy atom. The van der Waals surface area contributed by atoms with Gasteiger partial charge in [-0.25, -0.2) is 0 Å². The molecule has 0 aliphatic rings. The summed E-state index contributed by atoms with van der Waals surface area (Å²) in [6.45, 7) is -0.0622. The van der Waals surface area contributed by atoms with Crippen LogP contribution in [0.25, 0.3) is 0 Å². The number of methoxy groups -OCH3 is 1. The summed E-state index contributed by atoms with van der Waals surface area (Å²) in [7, 11) is 1.26. The van der Waals surface area contributed by atoms with E-state index in [0.717, 1.165) is 0 Å². The normalized spacial score (nSPS) is 12.1. The molecule has 0 radical (unpaired) electrons. The smallest absolute Gasteiger partial charge is 0.325 e. The number of aromatic hydroxyl groups is 1. The number of rotatable bonds is 5. The highest BCUT2D eigenvalue weighted by Gasteiger charge is 2.17. The highest BCUT2D eigenvalue weighted by molar-refractivity contribution is 5.75. The minimum absolute atomic E-state index is 0.150. The molecule has 0 saturated carbocycles. The summed E-state index contributed by atoms with van der Waals surface area (Å²) in [6, 6.07) is 6.01. The second-order valence-electron chi connectivity index (χ2n) is 3.27. The number of nitrogens with one attached hydrogen (secondary N) is 1. The third-order valence-corrected chi connectivity index (χ3v) is 2.20. The minimum atomic E-state index is -0.774. The van der Waals surface area contributed by atoms with Gasteiger partial charge < -0.3 is 14.9 Å². The summed E-state index contributed by atoms with van der Waals surface area (Å²) in [4.78, 5) is 11.1. The number of hydrogen-bond acceptors (Lipinski definition) is 5. The summed E-state index contributed by atoms with van der Waals surface area (Å²) in [5, 5.41) is 21.2. The molecule has 0 aliphatic heterocycles. The average Bonchev–Trinajstić information content (AvgIpc) is 2.31. The molecule has 1 aromatic rings. The van der Waals surface area contributed by atoms with Gasteiger partial charge in [-0.05, 0) is 6.07 Å². The summed E-state index contributed by atoms with van der Waals surface area (Å²) in [6.07, 6.45) is 0. The molecule has 0 saturated heterocycles. The zero-order valence-corrected chi connectivity index (χ0v) is 9.01. The maximum atomic E-state index is 11.1. The monoisotopic (exact) mass is 225 g/mol. The standard InChI is InChI=1S/C11H15NO4/c1-16-11(15)9(7-13)12-6-8-4-2-3-5-10(8)14/h2-5,9,12-14H,6-7H2,1H3/t9-/m1/s1. The van der Waals surface area contributed by atoms with E-state index >= 15 is 0 Å². The first-order valence-electron chi connectivity index (χ1n) is 4.88. The first kappa shape index (κ1) is 12.5. The van der Waals surface area contributed by atoms with Crippen molar-refractivity contribution >= 4 is 5.97 Å². The molecular formula is C11H15NO4. The Labute approximate surface area is 93.7 Å². The lowest BCUT2D eigenvalue weighted by Gasteiger charge is -2.14. The van der Waals surface area contributed by atoms with Crippen LogP contribution in [0.1, 0.15) is 5.56 Å². The molecule has 1 aromatic carbocycles. The van der Waals surface area contributed by atoms with Gasteiger partial charge in [0.15, 0.2) is 0 Å². The number of phenolic OH excluding ortho intramolecular Hbond substituents is 1. The summed E-state index contributed by atoms with van der Waals surface area (Å²) in [5.74, 6) is -0.380. The summed E-state index contributed by atoms with van der Waals surface area (Å²) < 4.78 is 4.50. The SMILES string of the molecule is COC(=O)[C@@H](CO)NCc1ccccc1O. The maximum Gasteiger partial charge on any atom is 0.325 e. The van der Waals surface area contributed by atoms with Gasteiger partial charge in [-0.1, -0.05) is 18.2 Å². The number of aliphatic hydroxyl groups excluding tert-OH is 1. The van der Waals surface area contributed by atoms with Crippen LogP contribution in [0.4, 0.5) is 0 Å². The van der Waals surface area contributed by atoms with E-state index in [1.54, 1.807) is 24.3 Å². The van der Waals surface area contributed by atoms with Crippen LogP contribution in [0.15, 0.2) is 24.3 Å². The highest BCUT2D eigenvalue weighted by atomic mass is 16.5. The van der Waals surface area contributed by atoms with Gasteiger partial charge in [-0.15, -0.1) is 0 Å². The van der Waals surface area contributed by atoms with Crippen LogP contribution < -0.4 is 5.32 Å². The van der Waals surface area contributed by atoms with Crippen LogP contribution in [0.2, 0.25) is 0 Å². The molecule has 5 heteroatoms. The Bertz CT molecular complexity index is 354. The lowest BCUT2D eigenvalue weighted by molar-refractivity contribution is -0.144. The first-order valence-corrected chi connectivity index (χ1v) is 4.88. The number of aliphatic hydroxyl groups is 1. The van der Waals surface area contributed by atoms with Gasteiger partial charge in [0.05, 0.1) is 13.7 Å². The molecule has 0 unspecified atom stereocenters. The predicted octanol–water partition coefficient (Wildman–Crippen LogP) is 0.0157. The summed E-state index contributed by atoms with van der Waals surface area (Å²) in [5.41, 5.74) is 0.657. The number of phenols is 1. The van der Waals surface area contributed by atoms with Crippen molar-refractivity contribution in [1.29, 1.82) is 0 Å². The molecule has 0 aliphatic carbocycles. The van der Waals surface area contributed by atoms with Gasteiger partial charge in [-0.3, -0.25) is 10.1 Å². The molecule has 0 amide bonds. The molecule has 3 N–H and O–H groups in total. The van der Waals surface area contributed by atoms with Gasteiger partial charge in [0.25, 0.3) is 0 Å². The van der Waals surface area contributed by atoms with E-state index in [1.807, 2.05) is 0 Å². The maximum absolute atomic E-state index is 11.1. The molecule has 0 aromatic heterocycles. The number of esters is 1. The fourth-order valence-electron chi connectivity index (χ4n) is 1.26. The van der Waals surface area contributed by atoms with E-state index in [9.17, 15) is 9.90 Å². The van der Waals surface area contributed by atoms with Crippen molar-refractivity contribution in [3.05, 3.63) is 29.8 Å². The van der Waals surface area contributed by atoms with Crippen molar-refractivity contribution in [2.45, 2.75) is 12.6 Å². The van der Waals surface area contributed by atoms with E-state index in [2.05, 4.69) is 10.1 Å². The van der Waals surface area contributed by atoms with E-state index in [1.165, 1.54) is 7.11 Å². The fraction of sp³-hybridized carbons (Fsp3) is 0.364. The third-order valence-electron chi connectivity index (χ3n) is 2.20. The first-order chi connectivity index (χ1) is 7.69. The largest absolute Gasteiger partial charge is 0.508 e. The Balaban J connectivity index is 2.56. The number of ether oxygens (including phenoxy) is 1. The highest BCUT2D eigenvalue weighted by Crippen LogP contribution is 2.14. The number of para-hydroxylation sites is 1. The van der Waals surface area contributed by atoms with Crippen LogP contribution in [-0.4, -0.2) is 35.9 Å². The van der Waals surface area contributed by atoms with Crippen molar-refractivity contribution in [2.75, 3.05) is 13.7 Å². The van der Waals surface area contributed by atoms with Crippen molar-refractivity contribution < 1.29 is 19.7 Å². The lowest BCUT2D eigenvalue weighted by Crippen LogP contribution is -2.40. The number of carbonyl (C=O) groups is 1. The van der Waals surface area contributed by atoms with Crippen LogP contribution in [0, 0.1) is 0 Å². The zero-order valence-electron chi connectivity index (χ0n) is 9.01. The van der Waals surface area contributed by atoms with Crippen molar-refractivity contribution in [1.82, 2.24) is 5.32 Å². The Morgan fingerprint density at radius 2 is 2.19 bits per heavy atom. The number of benzene rings is 1. The number of hydrogen-bond donors (Lipinski definition) is 3. The summed E-state index contributed by atoms with van der Waals surface area (Å²) >= 11 is 0. The molecule has 1 rings (SSSR count). The topological polar surface area (TPSA) is 78.8 Å². The molecular weight excluding hydrogens is 210 g/mol. The quantitative estimate of drug-likeness (QED) is 0.615. The average molecular weight is 225 g/mol. The molecule has 88 valence electrons. The molecule has 1 atom stereocenters. The molecule has 0 spiro atoms. The molecule has 0 bridgehead atoms. The van der Waals surface area contributed by atoms with E-state index in [0.29, 0.717) is 5.56 Å². The molecule has 0 heterocycles. The fourth-order valence-corrected chi connectivity index (χ4v) is 1.26. The minimum Gasteiger partial charge on any atom is -0.508 e. The van der Waals surface area contributed by atoms with E-state index in [-0.39, 0.29) is 18.9 Å². The van der Waals surface area contributed by atoms with Crippen LogP contribution in [0.5, 0.6) is 5.75 Å². The van der Waals surface area contributed by atoms with Gasteiger partial charge >= 0.3 is 5.97 Å². The van der Waals surface area contributed by atoms with E-state index < -0.39 is 12.0 Å². The zero-order chi connectivity index (χ0) is 12.0. The van der Waals surface area contributed by atoms with Gasteiger partial charge in [0.2, 0.25) is 0 Å². The number of carbonyl (C=O) groups excluding carboxylic acids is 1. The van der Waals surface area contributed by atoms with Crippen molar-refractivity contribution in [3.63, 3.8) is 0 Å². The van der Waals surface area contributed by atoms with Gasteiger partial charge in [0, 0.05) is 12.1 Å².